The van der Waals surface area contributed by atoms with E-state index in [2.05, 4.69) is 0 Å². The molecule has 1 aromatic rings. The minimum atomic E-state index is -3.27. The largest absolute Gasteiger partial charge is 0.214 e. The Morgan fingerprint density at radius 2 is 1.89 bits per heavy atom. The summed E-state index contributed by atoms with van der Waals surface area (Å²) in [6.45, 7) is 0.265. The third-order valence-corrected chi connectivity index (χ3v) is 5.29. The Kier molecular flexibility index (Phi) is 6.21. The number of halogens is 3. The number of hydrogen-bond donors (Lipinski definition) is 0. The zero-order chi connectivity index (χ0) is 13.8. The molecule has 7 heteroatoms. The van der Waals surface area contributed by atoms with Crippen LogP contribution >= 0.6 is 34.8 Å². The average molecular weight is 331 g/mol. The van der Waals surface area contributed by atoms with Crippen molar-refractivity contribution in [1.29, 1.82) is 0 Å². The van der Waals surface area contributed by atoms with Crippen LogP contribution in [0.5, 0.6) is 0 Å². The van der Waals surface area contributed by atoms with Gasteiger partial charge in [-0.3, -0.25) is 0 Å². The average Bonchev–Trinajstić information content (AvgIpc) is 2.31. The summed E-state index contributed by atoms with van der Waals surface area (Å²) in [6.07, 6.45) is 0.440. The van der Waals surface area contributed by atoms with Crippen molar-refractivity contribution in [2.75, 3.05) is 18.7 Å². The van der Waals surface area contributed by atoms with Gasteiger partial charge in [-0.25, -0.2) is 12.7 Å². The van der Waals surface area contributed by atoms with Crippen molar-refractivity contribution in [1.82, 2.24) is 4.31 Å². The molecule has 1 rings (SSSR count). The first-order valence-corrected chi connectivity index (χ1v) is 8.20. The summed E-state index contributed by atoms with van der Waals surface area (Å²) in [5.41, 5.74) is 0.793. The number of alkyl halides is 1. The smallest absolute Gasteiger partial charge is 0.212 e. The fourth-order valence-electron chi connectivity index (χ4n) is 1.39. The molecular formula is C11H14Cl3NO2S. The fourth-order valence-corrected chi connectivity index (χ4v) is 3.17. The molecule has 0 saturated heterocycles. The predicted molar refractivity (Wildman–Crippen MR) is 77.1 cm³/mol. The maximum absolute atomic E-state index is 11.9. The highest BCUT2D eigenvalue weighted by Gasteiger charge is 2.17. The van der Waals surface area contributed by atoms with Crippen LogP contribution in [0, 0.1) is 0 Å². The Balaban J connectivity index is 2.74. The molecule has 1 aromatic carbocycles. The highest BCUT2D eigenvalue weighted by Crippen LogP contribution is 2.23. The Morgan fingerprint density at radius 3 is 2.44 bits per heavy atom. The number of nitrogens with zero attached hydrogens (tertiary/aromatic N) is 1. The highest BCUT2D eigenvalue weighted by atomic mass is 35.5. The molecule has 18 heavy (non-hydrogen) atoms. The molecule has 0 heterocycles. The van der Waals surface area contributed by atoms with Gasteiger partial charge in [0, 0.05) is 19.5 Å². The standard InChI is InChI=1S/C11H14Cl3NO2S/c1-15(18(16,17)6-2-5-12)8-9-3-4-10(13)11(14)7-9/h3-4,7H,2,5-6,8H2,1H3. The van der Waals surface area contributed by atoms with E-state index >= 15 is 0 Å². The maximum atomic E-state index is 11.9. The van der Waals surface area contributed by atoms with Crippen molar-refractivity contribution < 1.29 is 8.42 Å². The van der Waals surface area contributed by atoms with E-state index in [-0.39, 0.29) is 12.3 Å². The molecule has 0 aromatic heterocycles. The third kappa shape index (κ3) is 4.59. The lowest BCUT2D eigenvalue weighted by molar-refractivity contribution is 0.466. The Morgan fingerprint density at radius 1 is 1.22 bits per heavy atom. The van der Waals surface area contributed by atoms with Crippen molar-refractivity contribution in [2.24, 2.45) is 0 Å². The molecule has 0 spiro atoms. The van der Waals surface area contributed by atoms with Crippen molar-refractivity contribution in [3.63, 3.8) is 0 Å². The Labute approximate surface area is 123 Å². The van der Waals surface area contributed by atoms with Crippen LogP contribution < -0.4 is 0 Å². The van der Waals surface area contributed by atoms with Gasteiger partial charge in [0.25, 0.3) is 0 Å². The molecule has 0 aliphatic carbocycles. The summed E-state index contributed by atoms with van der Waals surface area (Å²) >= 11 is 17.2. The second-order valence-electron chi connectivity index (χ2n) is 3.86. The molecule has 0 aliphatic rings. The van der Waals surface area contributed by atoms with Gasteiger partial charge in [-0.1, -0.05) is 29.3 Å². The summed E-state index contributed by atoms with van der Waals surface area (Å²) in [5.74, 6) is 0.383. The van der Waals surface area contributed by atoms with E-state index in [9.17, 15) is 8.42 Å². The molecular weight excluding hydrogens is 317 g/mol. The molecule has 0 bridgehead atoms. The van der Waals surface area contributed by atoms with Crippen LogP contribution in [0.3, 0.4) is 0 Å². The lowest BCUT2D eigenvalue weighted by atomic mass is 10.2. The number of rotatable bonds is 6. The molecule has 0 unspecified atom stereocenters. The second-order valence-corrected chi connectivity index (χ2v) is 7.25. The van der Waals surface area contributed by atoms with Crippen LogP contribution in [-0.4, -0.2) is 31.4 Å². The first-order chi connectivity index (χ1) is 8.36. The zero-order valence-corrected chi connectivity index (χ0v) is 13.0. The molecule has 102 valence electrons. The van der Waals surface area contributed by atoms with Gasteiger partial charge in [0.05, 0.1) is 15.8 Å². The van der Waals surface area contributed by atoms with Crippen LogP contribution in [0.25, 0.3) is 0 Å². The maximum Gasteiger partial charge on any atom is 0.214 e. The van der Waals surface area contributed by atoms with Crippen molar-refractivity contribution in [3.05, 3.63) is 33.8 Å². The monoisotopic (exact) mass is 329 g/mol. The molecule has 0 radical (unpaired) electrons. The molecule has 0 saturated carbocycles. The van der Waals surface area contributed by atoms with Crippen molar-refractivity contribution in [2.45, 2.75) is 13.0 Å². The predicted octanol–water partition coefficient (Wildman–Crippen LogP) is 3.38. The quantitative estimate of drug-likeness (QED) is 0.750. The highest BCUT2D eigenvalue weighted by molar-refractivity contribution is 7.89. The normalized spacial score (nSPS) is 12.1. The summed E-state index contributed by atoms with van der Waals surface area (Å²) in [6, 6.07) is 5.07. The van der Waals surface area contributed by atoms with Crippen molar-refractivity contribution in [3.8, 4) is 0 Å². The Hall–Kier alpha value is -0.000000000000000167. The molecule has 0 aliphatic heterocycles. The second kappa shape index (κ2) is 6.96. The third-order valence-electron chi connectivity index (χ3n) is 2.40. The minimum Gasteiger partial charge on any atom is -0.212 e. The summed E-state index contributed by atoms with van der Waals surface area (Å²) in [7, 11) is -1.74. The van der Waals surface area contributed by atoms with E-state index in [1.54, 1.807) is 18.2 Å². The van der Waals surface area contributed by atoms with Gasteiger partial charge in [0.2, 0.25) is 10.0 Å². The van der Waals surface area contributed by atoms with Gasteiger partial charge in [-0.2, -0.15) is 0 Å². The molecule has 0 amide bonds. The number of hydrogen-bond acceptors (Lipinski definition) is 2. The van der Waals surface area contributed by atoms with Crippen LogP contribution in [-0.2, 0) is 16.6 Å². The van der Waals surface area contributed by atoms with Crippen LogP contribution in [0.15, 0.2) is 18.2 Å². The van der Waals surface area contributed by atoms with Crippen LogP contribution in [0.1, 0.15) is 12.0 Å². The van der Waals surface area contributed by atoms with Gasteiger partial charge in [-0.15, -0.1) is 11.6 Å². The van der Waals surface area contributed by atoms with E-state index in [1.807, 2.05) is 0 Å². The summed E-state index contributed by atoms with van der Waals surface area (Å²) < 4.78 is 25.0. The van der Waals surface area contributed by atoms with Gasteiger partial charge < -0.3 is 0 Å². The van der Waals surface area contributed by atoms with E-state index in [4.69, 9.17) is 34.8 Å². The van der Waals surface area contributed by atoms with Gasteiger partial charge >= 0.3 is 0 Å². The molecule has 0 atom stereocenters. The zero-order valence-electron chi connectivity index (χ0n) is 9.87. The van der Waals surface area contributed by atoms with Gasteiger partial charge in [0.15, 0.2) is 0 Å². The van der Waals surface area contributed by atoms with E-state index < -0.39 is 10.0 Å². The fraction of sp³-hybridized carbons (Fsp3) is 0.455. The SMILES string of the molecule is CN(Cc1ccc(Cl)c(Cl)c1)S(=O)(=O)CCCCl. The van der Waals surface area contributed by atoms with Crippen LogP contribution in [0.4, 0.5) is 0 Å². The summed E-state index contributed by atoms with van der Waals surface area (Å²) in [5, 5.41) is 0.869. The van der Waals surface area contributed by atoms with E-state index in [1.165, 1.54) is 11.4 Å². The number of sulfonamides is 1. The van der Waals surface area contributed by atoms with Gasteiger partial charge in [-0.05, 0) is 24.1 Å². The number of benzene rings is 1. The van der Waals surface area contributed by atoms with Crippen molar-refractivity contribution >= 4 is 44.8 Å². The summed E-state index contributed by atoms with van der Waals surface area (Å²) in [4.78, 5) is 0. The lowest BCUT2D eigenvalue weighted by Gasteiger charge is -2.17. The molecule has 0 N–H and O–H groups in total. The van der Waals surface area contributed by atoms with Crippen LogP contribution in [0.2, 0.25) is 10.0 Å². The minimum absolute atomic E-state index is 0.0499. The molecule has 0 fully saturated rings. The van der Waals surface area contributed by atoms with E-state index in [0.29, 0.717) is 22.3 Å². The topological polar surface area (TPSA) is 37.4 Å². The Bertz CT molecular complexity index is 505. The van der Waals surface area contributed by atoms with Gasteiger partial charge in [0.1, 0.15) is 0 Å². The lowest BCUT2D eigenvalue weighted by Crippen LogP contribution is -2.29. The molecule has 3 nitrogen and oxygen atoms in total. The van der Waals surface area contributed by atoms with E-state index in [0.717, 1.165) is 5.56 Å². The first-order valence-electron chi connectivity index (χ1n) is 5.30. The first kappa shape index (κ1) is 16.1.